The van der Waals surface area contributed by atoms with Gasteiger partial charge in [-0.1, -0.05) is 13.8 Å². The lowest BCUT2D eigenvalue weighted by atomic mass is 9.84. The molecule has 0 saturated carbocycles. The van der Waals surface area contributed by atoms with Gasteiger partial charge in [0.15, 0.2) is 5.41 Å². The largest absolute Gasteiger partial charge is 0.404 e. The van der Waals surface area contributed by atoms with Crippen LogP contribution in [0.5, 0.6) is 0 Å². The molecule has 110 valence electrons. The second-order valence-electron chi connectivity index (χ2n) is 5.47. The zero-order chi connectivity index (χ0) is 14.3. The molecular formula is C12H19F3N2OS. The molecule has 1 amide bonds. The van der Waals surface area contributed by atoms with E-state index in [2.05, 4.69) is 5.32 Å². The second-order valence-corrected chi connectivity index (χ2v) is 7.36. The number of halogens is 3. The van der Waals surface area contributed by atoms with Crippen LogP contribution in [0.2, 0.25) is 0 Å². The lowest BCUT2D eigenvalue weighted by Crippen LogP contribution is -2.56. The van der Waals surface area contributed by atoms with Crippen molar-refractivity contribution in [2.24, 2.45) is 5.41 Å². The smallest absolute Gasteiger partial charge is 0.340 e. The predicted molar refractivity (Wildman–Crippen MR) is 69.1 cm³/mol. The van der Waals surface area contributed by atoms with Crippen molar-refractivity contribution in [1.82, 2.24) is 10.2 Å². The molecule has 0 bridgehead atoms. The second kappa shape index (κ2) is 5.16. The number of hydrogen-bond acceptors (Lipinski definition) is 3. The Labute approximate surface area is 115 Å². The third-order valence-electron chi connectivity index (χ3n) is 3.81. The van der Waals surface area contributed by atoms with Crippen LogP contribution in [-0.4, -0.2) is 53.7 Å². The van der Waals surface area contributed by atoms with Gasteiger partial charge in [-0.05, 0) is 13.0 Å². The van der Waals surface area contributed by atoms with Crippen LogP contribution in [-0.2, 0) is 4.79 Å². The van der Waals surface area contributed by atoms with Gasteiger partial charge in [0.25, 0.3) is 0 Å². The Morgan fingerprint density at radius 1 is 1.32 bits per heavy atom. The first-order chi connectivity index (χ1) is 8.76. The Morgan fingerprint density at radius 2 is 1.89 bits per heavy atom. The van der Waals surface area contributed by atoms with Gasteiger partial charge >= 0.3 is 6.18 Å². The quantitative estimate of drug-likeness (QED) is 0.802. The number of rotatable bonds is 1. The van der Waals surface area contributed by atoms with Gasteiger partial charge < -0.3 is 10.2 Å². The van der Waals surface area contributed by atoms with Crippen molar-refractivity contribution in [2.45, 2.75) is 36.9 Å². The third-order valence-corrected chi connectivity index (χ3v) is 5.04. The van der Waals surface area contributed by atoms with Crippen molar-refractivity contribution in [3.05, 3.63) is 0 Å². The maximum atomic E-state index is 13.3. The molecule has 19 heavy (non-hydrogen) atoms. The minimum Gasteiger partial charge on any atom is -0.340 e. The van der Waals surface area contributed by atoms with E-state index >= 15 is 0 Å². The molecule has 7 heteroatoms. The summed E-state index contributed by atoms with van der Waals surface area (Å²) in [5, 5.41) is 3.06. The number of carbonyl (C=O) groups excluding carboxylic acids is 1. The fourth-order valence-electron chi connectivity index (χ4n) is 2.88. The molecule has 0 radical (unpaired) electrons. The van der Waals surface area contributed by atoms with Gasteiger partial charge in [0.2, 0.25) is 5.91 Å². The summed E-state index contributed by atoms with van der Waals surface area (Å²) in [5.41, 5.74) is -2.21. The van der Waals surface area contributed by atoms with Crippen LogP contribution in [0.1, 0.15) is 20.3 Å². The average Bonchev–Trinajstić information content (AvgIpc) is 2.76. The number of nitrogens with one attached hydrogen (secondary N) is 1. The first-order valence-electron chi connectivity index (χ1n) is 6.48. The molecule has 3 atom stereocenters. The van der Waals surface area contributed by atoms with Crippen molar-refractivity contribution < 1.29 is 18.0 Å². The van der Waals surface area contributed by atoms with E-state index in [1.807, 2.05) is 13.8 Å². The lowest BCUT2D eigenvalue weighted by Gasteiger charge is -2.40. The molecule has 2 heterocycles. The van der Waals surface area contributed by atoms with Gasteiger partial charge in [-0.15, -0.1) is 0 Å². The Hall–Kier alpha value is -0.430. The van der Waals surface area contributed by atoms with E-state index in [9.17, 15) is 18.0 Å². The summed E-state index contributed by atoms with van der Waals surface area (Å²) in [6.45, 7) is 4.68. The Morgan fingerprint density at radius 3 is 2.32 bits per heavy atom. The van der Waals surface area contributed by atoms with E-state index in [1.165, 1.54) is 4.90 Å². The fourth-order valence-corrected chi connectivity index (χ4v) is 4.21. The highest BCUT2D eigenvalue weighted by molar-refractivity contribution is 8.00. The zero-order valence-electron chi connectivity index (χ0n) is 11.1. The van der Waals surface area contributed by atoms with E-state index in [0.717, 1.165) is 0 Å². The Kier molecular flexibility index (Phi) is 4.07. The summed E-state index contributed by atoms with van der Waals surface area (Å²) in [7, 11) is 0. The molecule has 0 aromatic carbocycles. The van der Waals surface area contributed by atoms with Gasteiger partial charge in [-0.3, -0.25) is 4.79 Å². The first-order valence-corrected chi connectivity index (χ1v) is 7.43. The summed E-state index contributed by atoms with van der Waals surface area (Å²) in [6, 6.07) is 0. The molecular weight excluding hydrogens is 277 g/mol. The maximum absolute atomic E-state index is 13.3. The molecule has 2 aliphatic rings. The van der Waals surface area contributed by atoms with Crippen molar-refractivity contribution in [3.8, 4) is 0 Å². The van der Waals surface area contributed by atoms with Gasteiger partial charge in [-0.2, -0.15) is 24.9 Å². The van der Waals surface area contributed by atoms with Crippen LogP contribution < -0.4 is 5.32 Å². The molecule has 3 nitrogen and oxygen atoms in total. The van der Waals surface area contributed by atoms with E-state index in [4.69, 9.17) is 0 Å². The monoisotopic (exact) mass is 296 g/mol. The van der Waals surface area contributed by atoms with Crippen LogP contribution in [0.15, 0.2) is 0 Å². The number of hydrogen-bond donors (Lipinski definition) is 1. The number of amides is 1. The summed E-state index contributed by atoms with van der Waals surface area (Å²) in [4.78, 5) is 13.8. The Balaban J connectivity index is 2.21. The molecule has 0 aromatic rings. The summed E-state index contributed by atoms with van der Waals surface area (Å²) >= 11 is 1.72. The lowest BCUT2D eigenvalue weighted by molar-refractivity contribution is -0.221. The van der Waals surface area contributed by atoms with Crippen LogP contribution in [0.25, 0.3) is 0 Å². The standard InChI is InChI=1S/C12H19F3N2OS/c1-8-5-17(6-9(2)19-8)10(18)11(12(13,14)15)3-4-16-7-11/h8-9,16H,3-7H2,1-2H3. The van der Waals surface area contributed by atoms with Gasteiger partial charge in [0.1, 0.15) is 0 Å². The highest BCUT2D eigenvalue weighted by Gasteiger charge is 2.62. The van der Waals surface area contributed by atoms with Gasteiger partial charge in [0, 0.05) is 30.1 Å². The van der Waals surface area contributed by atoms with E-state index in [1.54, 1.807) is 11.8 Å². The molecule has 2 fully saturated rings. The van der Waals surface area contributed by atoms with Gasteiger partial charge in [-0.25, -0.2) is 0 Å². The highest BCUT2D eigenvalue weighted by atomic mass is 32.2. The van der Waals surface area contributed by atoms with Crippen molar-refractivity contribution in [2.75, 3.05) is 26.2 Å². The maximum Gasteiger partial charge on any atom is 0.404 e. The first kappa shape index (κ1) is 15.0. The van der Waals surface area contributed by atoms with Crippen LogP contribution in [0.3, 0.4) is 0 Å². The highest BCUT2D eigenvalue weighted by Crippen LogP contribution is 2.45. The number of alkyl halides is 3. The minimum absolute atomic E-state index is 0.151. The van der Waals surface area contributed by atoms with Crippen molar-refractivity contribution >= 4 is 17.7 Å². The van der Waals surface area contributed by atoms with Crippen LogP contribution >= 0.6 is 11.8 Å². The number of nitrogens with zero attached hydrogens (tertiary/aromatic N) is 1. The minimum atomic E-state index is -4.48. The average molecular weight is 296 g/mol. The summed E-state index contributed by atoms with van der Waals surface area (Å²) in [5.74, 6) is -0.746. The summed E-state index contributed by atoms with van der Waals surface area (Å²) < 4.78 is 40.0. The topological polar surface area (TPSA) is 32.3 Å². The number of thioether (sulfide) groups is 1. The van der Waals surface area contributed by atoms with Crippen LogP contribution in [0, 0.1) is 5.41 Å². The SMILES string of the molecule is CC1CN(C(=O)C2(C(F)(F)F)CCNC2)CC(C)S1. The summed E-state index contributed by atoms with van der Waals surface area (Å²) in [6.07, 6.45) is -4.63. The molecule has 2 rings (SSSR count). The molecule has 0 aromatic heterocycles. The molecule has 0 spiro atoms. The van der Waals surface area contributed by atoms with Crippen LogP contribution in [0.4, 0.5) is 13.2 Å². The number of carbonyl (C=O) groups is 1. The fraction of sp³-hybridized carbons (Fsp3) is 0.917. The van der Waals surface area contributed by atoms with Crippen molar-refractivity contribution in [1.29, 1.82) is 0 Å². The van der Waals surface area contributed by atoms with E-state index < -0.39 is 17.5 Å². The van der Waals surface area contributed by atoms with Gasteiger partial charge in [0.05, 0.1) is 0 Å². The molecule has 2 aliphatic heterocycles. The third kappa shape index (κ3) is 2.72. The molecule has 2 saturated heterocycles. The predicted octanol–water partition coefficient (Wildman–Crippen LogP) is 1.88. The molecule has 3 unspecified atom stereocenters. The normalized spacial score (nSPS) is 36.6. The Bertz CT molecular complexity index is 345. The molecule has 1 N–H and O–H groups in total. The van der Waals surface area contributed by atoms with E-state index in [0.29, 0.717) is 13.1 Å². The van der Waals surface area contributed by atoms with Crippen molar-refractivity contribution in [3.63, 3.8) is 0 Å². The van der Waals surface area contributed by atoms with E-state index in [-0.39, 0.29) is 30.0 Å². The molecule has 0 aliphatic carbocycles. The zero-order valence-corrected chi connectivity index (χ0v) is 11.9.